The number of hydrogen-bond donors (Lipinski definition) is 1. The van der Waals surface area contributed by atoms with Gasteiger partial charge in [0.1, 0.15) is 5.69 Å². The lowest BCUT2D eigenvalue weighted by Crippen LogP contribution is -2.26. The number of nitrogens with one attached hydrogen (secondary N) is 1. The summed E-state index contributed by atoms with van der Waals surface area (Å²) in [5.74, 6) is -0.650. The molecule has 2 aromatic rings. The minimum atomic E-state index is -4.57. The average Bonchev–Trinajstić information content (AvgIpc) is 3.21. The van der Waals surface area contributed by atoms with E-state index in [-0.39, 0.29) is 23.5 Å². The number of aryl methyl sites for hydroxylation is 1. The van der Waals surface area contributed by atoms with Gasteiger partial charge in [0.05, 0.1) is 12.4 Å². The second kappa shape index (κ2) is 5.52. The summed E-state index contributed by atoms with van der Waals surface area (Å²) < 4.78 is 44.0. The van der Waals surface area contributed by atoms with E-state index >= 15 is 0 Å². The van der Waals surface area contributed by atoms with Crippen LogP contribution in [0.2, 0.25) is 0 Å². The Bertz CT molecular complexity index is 739. The molecule has 2 aromatic heterocycles. The average molecular weight is 327 g/mol. The molecule has 1 aliphatic carbocycles. The second-order valence-corrected chi connectivity index (χ2v) is 5.08. The fourth-order valence-corrected chi connectivity index (χ4v) is 1.78. The van der Waals surface area contributed by atoms with Crippen molar-refractivity contribution < 1.29 is 22.7 Å². The fraction of sp³-hybridized carbons (Fsp3) is 0.385. The molecule has 0 spiro atoms. The van der Waals surface area contributed by atoms with Crippen LogP contribution >= 0.6 is 0 Å². The van der Waals surface area contributed by atoms with Crippen molar-refractivity contribution in [3.63, 3.8) is 0 Å². The zero-order valence-electron chi connectivity index (χ0n) is 12.0. The van der Waals surface area contributed by atoms with Crippen LogP contribution in [-0.4, -0.2) is 31.7 Å². The molecule has 122 valence electrons. The minimum Gasteiger partial charge on any atom is -0.419 e. The van der Waals surface area contributed by atoms with Gasteiger partial charge in [-0.1, -0.05) is 0 Å². The molecule has 0 atom stereocenters. The first-order valence-corrected chi connectivity index (χ1v) is 6.75. The third kappa shape index (κ3) is 3.58. The number of carbonyl (C=O) groups is 1. The van der Waals surface area contributed by atoms with E-state index in [1.54, 1.807) is 0 Å². The third-order valence-corrected chi connectivity index (χ3v) is 3.09. The van der Waals surface area contributed by atoms with Crippen molar-refractivity contribution in [2.75, 3.05) is 0 Å². The van der Waals surface area contributed by atoms with Crippen LogP contribution in [0.1, 0.15) is 29.0 Å². The third-order valence-electron chi connectivity index (χ3n) is 3.09. The summed E-state index contributed by atoms with van der Waals surface area (Å²) in [7, 11) is 1.31. The Morgan fingerprint density at radius 3 is 2.74 bits per heavy atom. The lowest BCUT2D eigenvalue weighted by atomic mass is 10.4. The van der Waals surface area contributed by atoms with Crippen LogP contribution in [0.25, 0.3) is 0 Å². The summed E-state index contributed by atoms with van der Waals surface area (Å²) >= 11 is 0. The summed E-state index contributed by atoms with van der Waals surface area (Å²) in [5.41, 5.74) is -1.04. The number of carbonyl (C=O) groups excluding carboxylic acids is 1. The van der Waals surface area contributed by atoms with Gasteiger partial charge in [-0.05, 0) is 12.8 Å². The van der Waals surface area contributed by atoms with Crippen LogP contribution in [0.5, 0.6) is 11.8 Å². The Hall–Kier alpha value is -2.65. The molecule has 23 heavy (non-hydrogen) atoms. The molecular weight excluding hydrogens is 315 g/mol. The van der Waals surface area contributed by atoms with Crippen LogP contribution in [0.15, 0.2) is 18.5 Å². The van der Waals surface area contributed by atoms with Gasteiger partial charge < -0.3 is 10.1 Å². The first kappa shape index (κ1) is 15.3. The number of hydrogen-bond acceptors (Lipinski definition) is 5. The number of ether oxygens (including phenoxy) is 1. The Kier molecular flexibility index (Phi) is 3.66. The molecule has 0 aliphatic heterocycles. The van der Waals surface area contributed by atoms with E-state index in [0.29, 0.717) is 0 Å². The normalized spacial score (nSPS) is 14.6. The van der Waals surface area contributed by atoms with Gasteiger partial charge in [-0.3, -0.25) is 9.78 Å². The van der Waals surface area contributed by atoms with Gasteiger partial charge in [0.2, 0.25) is 11.8 Å². The molecule has 3 rings (SSSR count). The Morgan fingerprint density at radius 2 is 2.13 bits per heavy atom. The minimum absolute atomic E-state index is 0.0348. The standard InChI is InChI=1S/C13H12F3N5O2/c1-21-11(4-9(20-21)13(14,15)16)23-10-6-17-5-8(19-10)12(22)18-7-2-3-7/h4-7H,2-3H2,1H3,(H,18,22). The number of amides is 1. The maximum atomic E-state index is 12.6. The Morgan fingerprint density at radius 1 is 1.39 bits per heavy atom. The monoisotopic (exact) mass is 327 g/mol. The molecule has 0 radical (unpaired) electrons. The summed E-state index contributed by atoms with van der Waals surface area (Å²) in [6.45, 7) is 0. The number of nitrogens with zero attached hydrogens (tertiary/aromatic N) is 4. The molecule has 1 N–H and O–H groups in total. The van der Waals surface area contributed by atoms with Gasteiger partial charge >= 0.3 is 6.18 Å². The van der Waals surface area contributed by atoms with Gasteiger partial charge in [-0.2, -0.15) is 18.3 Å². The predicted octanol–water partition coefficient (Wildman–Crippen LogP) is 1.91. The van der Waals surface area contributed by atoms with E-state index in [0.717, 1.165) is 23.6 Å². The van der Waals surface area contributed by atoms with Crippen LogP contribution in [0.4, 0.5) is 13.2 Å². The summed E-state index contributed by atoms with van der Waals surface area (Å²) in [4.78, 5) is 19.6. The van der Waals surface area contributed by atoms with Gasteiger partial charge in [0.15, 0.2) is 5.69 Å². The quantitative estimate of drug-likeness (QED) is 0.928. The van der Waals surface area contributed by atoms with Crippen LogP contribution < -0.4 is 10.1 Å². The fourth-order valence-electron chi connectivity index (χ4n) is 1.78. The molecule has 2 heterocycles. The molecule has 1 aliphatic rings. The van der Waals surface area contributed by atoms with E-state index in [1.165, 1.54) is 19.4 Å². The smallest absolute Gasteiger partial charge is 0.419 e. The van der Waals surface area contributed by atoms with Gasteiger partial charge in [-0.15, -0.1) is 0 Å². The van der Waals surface area contributed by atoms with Crippen LogP contribution in [-0.2, 0) is 13.2 Å². The number of halogens is 3. The lowest BCUT2D eigenvalue weighted by molar-refractivity contribution is -0.141. The van der Waals surface area contributed by atoms with Gasteiger partial charge in [0, 0.05) is 19.2 Å². The van der Waals surface area contributed by atoms with Crippen molar-refractivity contribution in [2.24, 2.45) is 7.05 Å². The molecule has 1 fully saturated rings. The van der Waals surface area contributed by atoms with Crippen molar-refractivity contribution in [3.05, 3.63) is 29.8 Å². The molecule has 0 unspecified atom stereocenters. The van der Waals surface area contributed by atoms with Crippen molar-refractivity contribution >= 4 is 5.91 Å². The van der Waals surface area contributed by atoms with Gasteiger partial charge in [0.25, 0.3) is 5.91 Å². The lowest BCUT2D eigenvalue weighted by Gasteiger charge is -2.06. The first-order valence-electron chi connectivity index (χ1n) is 6.75. The highest BCUT2D eigenvalue weighted by atomic mass is 19.4. The molecule has 1 amide bonds. The van der Waals surface area contributed by atoms with Crippen molar-refractivity contribution in [1.29, 1.82) is 0 Å². The van der Waals surface area contributed by atoms with Crippen molar-refractivity contribution in [1.82, 2.24) is 25.1 Å². The maximum absolute atomic E-state index is 12.6. The second-order valence-electron chi connectivity index (χ2n) is 5.08. The van der Waals surface area contributed by atoms with Crippen molar-refractivity contribution in [3.8, 4) is 11.8 Å². The van der Waals surface area contributed by atoms with E-state index in [4.69, 9.17) is 4.74 Å². The highest BCUT2D eigenvalue weighted by molar-refractivity contribution is 5.92. The summed E-state index contributed by atoms with van der Waals surface area (Å²) in [5, 5.41) is 6.06. The van der Waals surface area contributed by atoms with E-state index in [1.807, 2.05) is 0 Å². The molecular formula is C13H12F3N5O2. The van der Waals surface area contributed by atoms with Gasteiger partial charge in [-0.25, -0.2) is 9.67 Å². The molecule has 10 heteroatoms. The Balaban J connectivity index is 1.77. The molecule has 0 bridgehead atoms. The molecule has 7 nitrogen and oxygen atoms in total. The molecule has 0 aromatic carbocycles. The van der Waals surface area contributed by atoms with Crippen LogP contribution in [0, 0.1) is 0 Å². The number of alkyl halides is 3. The first-order chi connectivity index (χ1) is 10.8. The van der Waals surface area contributed by atoms with E-state index < -0.39 is 17.8 Å². The zero-order chi connectivity index (χ0) is 16.6. The van der Waals surface area contributed by atoms with E-state index in [2.05, 4.69) is 20.4 Å². The maximum Gasteiger partial charge on any atom is 0.435 e. The summed E-state index contributed by atoms with van der Waals surface area (Å²) in [6.07, 6.45) is -0.268. The molecule has 1 saturated carbocycles. The van der Waals surface area contributed by atoms with E-state index in [9.17, 15) is 18.0 Å². The number of aromatic nitrogens is 4. The SMILES string of the molecule is Cn1nc(C(F)(F)F)cc1Oc1cncc(C(=O)NC2CC2)n1. The largest absolute Gasteiger partial charge is 0.435 e. The number of rotatable bonds is 4. The zero-order valence-corrected chi connectivity index (χ0v) is 12.0. The molecule has 0 saturated heterocycles. The highest BCUT2D eigenvalue weighted by Crippen LogP contribution is 2.31. The topological polar surface area (TPSA) is 81.9 Å². The predicted molar refractivity (Wildman–Crippen MR) is 70.8 cm³/mol. The van der Waals surface area contributed by atoms with Crippen molar-refractivity contribution in [2.45, 2.75) is 25.1 Å². The Labute approximate surface area is 128 Å². The van der Waals surface area contributed by atoms with Crippen LogP contribution in [0.3, 0.4) is 0 Å². The highest BCUT2D eigenvalue weighted by Gasteiger charge is 2.35. The summed E-state index contributed by atoms with van der Waals surface area (Å²) in [6, 6.07) is 0.902.